The number of thioether (sulfide) groups is 1. The normalized spacial score (nSPS) is 21.5. The van der Waals surface area contributed by atoms with Crippen LogP contribution in [0.3, 0.4) is 0 Å². The van der Waals surface area contributed by atoms with Crippen molar-refractivity contribution < 1.29 is 24.9 Å². The van der Waals surface area contributed by atoms with Crippen molar-refractivity contribution in [3.05, 3.63) is 22.8 Å². The molecule has 0 aromatic carbocycles. The van der Waals surface area contributed by atoms with E-state index in [9.17, 15) is 15.0 Å². The topological polar surface area (TPSA) is 87.0 Å². The van der Waals surface area contributed by atoms with Crippen LogP contribution in [-0.4, -0.2) is 46.4 Å². The van der Waals surface area contributed by atoms with Crippen molar-refractivity contribution in [2.24, 2.45) is 11.3 Å². The van der Waals surface area contributed by atoms with Crippen LogP contribution in [0.25, 0.3) is 0 Å². The molecule has 0 aromatic rings. The van der Waals surface area contributed by atoms with Crippen molar-refractivity contribution >= 4 is 17.7 Å². The first-order valence-corrected chi connectivity index (χ1v) is 11.4. The van der Waals surface area contributed by atoms with Crippen molar-refractivity contribution in [1.29, 1.82) is 0 Å². The van der Waals surface area contributed by atoms with Crippen LogP contribution in [0.5, 0.6) is 0 Å². The van der Waals surface area contributed by atoms with Gasteiger partial charge in [0.25, 0.3) is 0 Å². The molecule has 5 nitrogen and oxygen atoms in total. The summed E-state index contributed by atoms with van der Waals surface area (Å²) >= 11 is 1.67. The third-order valence-corrected chi connectivity index (χ3v) is 6.71. The highest BCUT2D eigenvalue weighted by atomic mass is 32.2. The summed E-state index contributed by atoms with van der Waals surface area (Å²) in [6.45, 7) is 6.30. The SMILES string of the molecule is CCCCC(C)(C)[C@@H](O)/C=C/[C@@H]1C(SCCCCCC(=O)O)=C(OC)C[C@H]1O. The summed E-state index contributed by atoms with van der Waals surface area (Å²) in [6.07, 6.45) is 9.02. The van der Waals surface area contributed by atoms with Gasteiger partial charge in [-0.2, -0.15) is 0 Å². The van der Waals surface area contributed by atoms with Gasteiger partial charge < -0.3 is 20.1 Å². The van der Waals surface area contributed by atoms with Gasteiger partial charge in [-0.05, 0) is 30.4 Å². The molecule has 0 aliphatic heterocycles. The number of unbranched alkanes of at least 4 members (excludes halogenated alkanes) is 3. The van der Waals surface area contributed by atoms with E-state index in [-0.39, 0.29) is 17.8 Å². The van der Waals surface area contributed by atoms with Gasteiger partial charge in [-0.25, -0.2) is 0 Å². The van der Waals surface area contributed by atoms with Crippen molar-refractivity contribution in [3.63, 3.8) is 0 Å². The lowest BCUT2D eigenvalue weighted by Gasteiger charge is -2.29. The van der Waals surface area contributed by atoms with Crippen molar-refractivity contribution in [1.82, 2.24) is 0 Å². The van der Waals surface area contributed by atoms with Crippen LogP contribution in [0.1, 0.15) is 72.1 Å². The molecule has 0 aromatic heterocycles. The van der Waals surface area contributed by atoms with Gasteiger partial charge in [0.05, 0.1) is 19.3 Å². The molecule has 0 heterocycles. The number of aliphatic hydroxyl groups is 2. The summed E-state index contributed by atoms with van der Waals surface area (Å²) in [5, 5.41) is 29.8. The highest BCUT2D eigenvalue weighted by Gasteiger charge is 2.34. The summed E-state index contributed by atoms with van der Waals surface area (Å²) < 4.78 is 5.49. The van der Waals surface area contributed by atoms with Gasteiger partial charge in [-0.15, -0.1) is 11.8 Å². The molecule has 3 N–H and O–H groups in total. The number of carboxylic acids is 1. The second-order valence-corrected chi connectivity index (χ2v) is 9.40. The lowest BCUT2D eigenvalue weighted by atomic mass is 9.81. The molecule has 0 unspecified atom stereocenters. The number of aliphatic hydroxyl groups excluding tert-OH is 2. The molecule has 0 saturated carbocycles. The van der Waals surface area contributed by atoms with E-state index in [0.29, 0.717) is 12.8 Å². The van der Waals surface area contributed by atoms with E-state index in [1.165, 1.54) is 0 Å². The molecule has 0 spiro atoms. The second-order valence-electron chi connectivity index (χ2n) is 8.26. The molecule has 28 heavy (non-hydrogen) atoms. The molecule has 0 fully saturated rings. The molecule has 0 saturated heterocycles. The fraction of sp³-hybridized carbons (Fsp3) is 0.773. The summed E-state index contributed by atoms with van der Waals surface area (Å²) in [5.41, 5.74) is -0.193. The van der Waals surface area contributed by atoms with Crippen molar-refractivity contribution in [2.75, 3.05) is 12.9 Å². The molecule has 6 heteroatoms. The molecule has 1 aliphatic rings. The number of ether oxygens (including phenoxy) is 1. The summed E-state index contributed by atoms with van der Waals surface area (Å²) in [6, 6.07) is 0. The summed E-state index contributed by atoms with van der Waals surface area (Å²) in [5.74, 6) is 0.776. The Kier molecular flexibility index (Phi) is 11.2. The zero-order valence-corrected chi connectivity index (χ0v) is 18.6. The Balaban J connectivity index is 2.66. The van der Waals surface area contributed by atoms with E-state index in [1.54, 1.807) is 18.9 Å². The maximum Gasteiger partial charge on any atom is 0.303 e. The molecule has 0 radical (unpaired) electrons. The van der Waals surface area contributed by atoms with Gasteiger partial charge in [0.2, 0.25) is 0 Å². The Labute approximate surface area is 174 Å². The Morgan fingerprint density at radius 1 is 1.32 bits per heavy atom. The lowest BCUT2D eigenvalue weighted by Crippen LogP contribution is -2.28. The van der Waals surface area contributed by atoms with Gasteiger partial charge in [0.15, 0.2) is 0 Å². The second kappa shape index (κ2) is 12.6. The smallest absolute Gasteiger partial charge is 0.303 e. The first-order valence-electron chi connectivity index (χ1n) is 10.4. The minimum atomic E-state index is -0.749. The van der Waals surface area contributed by atoms with E-state index in [2.05, 4.69) is 20.8 Å². The van der Waals surface area contributed by atoms with E-state index < -0.39 is 18.2 Å². The minimum Gasteiger partial charge on any atom is -0.500 e. The quantitative estimate of drug-likeness (QED) is 0.281. The fourth-order valence-corrected chi connectivity index (χ4v) is 4.68. The minimum absolute atomic E-state index is 0.157. The Bertz CT molecular complexity index is 541. The van der Waals surface area contributed by atoms with Crippen LogP contribution in [0.2, 0.25) is 0 Å². The number of carbonyl (C=O) groups is 1. The standard InChI is InChI=1S/C22H38O5S/c1-5-6-13-22(2,3)19(24)12-11-16-17(23)15-18(27-4)21(16)28-14-9-7-8-10-20(25)26/h11-12,16-17,19,23-24H,5-10,13-15H2,1-4H3,(H,25,26)/b12-11+/t16-,17+,19-/m0/s1. The van der Waals surface area contributed by atoms with Crippen molar-refractivity contribution in [3.8, 4) is 0 Å². The maximum atomic E-state index is 10.6. The summed E-state index contributed by atoms with van der Waals surface area (Å²) in [4.78, 5) is 11.6. The first kappa shape index (κ1) is 25.1. The number of hydrogen-bond acceptors (Lipinski definition) is 5. The monoisotopic (exact) mass is 414 g/mol. The molecule has 0 amide bonds. The zero-order chi connectivity index (χ0) is 21.2. The number of rotatable bonds is 14. The number of methoxy groups -OCH3 is 1. The molecular weight excluding hydrogens is 376 g/mol. The highest BCUT2D eigenvalue weighted by molar-refractivity contribution is 8.03. The largest absolute Gasteiger partial charge is 0.500 e. The predicted octanol–water partition coefficient (Wildman–Crippen LogP) is 4.74. The molecule has 1 rings (SSSR count). The van der Waals surface area contributed by atoms with Crippen molar-refractivity contribution in [2.45, 2.75) is 84.3 Å². The predicted molar refractivity (Wildman–Crippen MR) is 115 cm³/mol. The van der Waals surface area contributed by atoms with E-state index in [1.807, 2.05) is 12.2 Å². The third kappa shape index (κ3) is 8.18. The summed E-state index contributed by atoms with van der Waals surface area (Å²) in [7, 11) is 1.63. The van der Waals surface area contributed by atoms with E-state index >= 15 is 0 Å². The fourth-order valence-electron chi connectivity index (χ4n) is 3.36. The molecule has 162 valence electrons. The average molecular weight is 415 g/mol. The van der Waals surface area contributed by atoms with E-state index in [0.717, 1.165) is 48.5 Å². The maximum absolute atomic E-state index is 10.6. The van der Waals surface area contributed by atoms with Crippen LogP contribution in [0.4, 0.5) is 0 Å². The Morgan fingerprint density at radius 2 is 2.04 bits per heavy atom. The Hall–Kier alpha value is -0.980. The van der Waals surface area contributed by atoms with E-state index in [4.69, 9.17) is 9.84 Å². The lowest BCUT2D eigenvalue weighted by molar-refractivity contribution is -0.137. The first-order chi connectivity index (χ1) is 13.2. The molecule has 1 aliphatic carbocycles. The molecule has 0 bridgehead atoms. The van der Waals surface area contributed by atoms with Crippen LogP contribution >= 0.6 is 11.8 Å². The van der Waals surface area contributed by atoms with Crippen LogP contribution < -0.4 is 0 Å². The van der Waals surface area contributed by atoms with Gasteiger partial charge in [0, 0.05) is 23.7 Å². The number of carboxylic acid groups (broad SMARTS) is 1. The number of hydrogen-bond donors (Lipinski definition) is 3. The van der Waals surface area contributed by atoms with Gasteiger partial charge in [0.1, 0.15) is 5.76 Å². The molecule has 3 atom stereocenters. The van der Waals surface area contributed by atoms with Gasteiger partial charge in [-0.1, -0.05) is 52.2 Å². The van der Waals surface area contributed by atoms with Gasteiger partial charge >= 0.3 is 5.97 Å². The Morgan fingerprint density at radius 3 is 2.64 bits per heavy atom. The third-order valence-electron chi connectivity index (χ3n) is 5.40. The highest BCUT2D eigenvalue weighted by Crippen LogP contribution is 2.41. The molecular formula is C22H38O5S. The number of aliphatic carboxylic acids is 1. The van der Waals surface area contributed by atoms with Crippen LogP contribution in [-0.2, 0) is 9.53 Å². The van der Waals surface area contributed by atoms with Crippen LogP contribution in [0, 0.1) is 11.3 Å². The van der Waals surface area contributed by atoms with Gasteiger partial charge in [-0.3, -0.25) is 4.79 Å². The van der Waals surface area contributed by atoms with Crippen LogP contribution in [0.15, 0.2) is 22.8 Å². The zero-order valence-electron chi connectivity index (χ0n) is 17.8. The average Bonchev–Trinajstić information content (AvgIpc) is 2.95.